The average Bonchev–Trinajstić information content (AvgIpc) is 0.811. The van der Waals surface area contributed by atoms with Gasteiger partial charge in [-0.05, 0) is 0 Å². The Bertz CT molecular complexity index is 15.5. The van der Waals surface area contributed by atoms with E-state index in [4.69, 9.17) is 15.1 Å². The molecule has 6 heavy (non-hydrogen) atoms. The maximum Gasteiger partial charge on any atom is 3.00 e. The van der Waals surface area contributed by atoms with Gasteiger partial charge in [-0.15, -0.1) is 0 Å². The second kappa shape index (κ2) is 9.36. The second-order valence-corrected chi connectivity index (χ2v) is 0.307. The van der Waals surface area contributed by atoms with Gasteiger partial charge in [0, 0.05) is 0 Å². The molecule has 0 aromatic heterocycles. The SMILES string of the molecule is [F-].[O-]B([O-])O.[Y+3]. The van der Waals surface area contributed by atoms with Gasteiger partial charge in [0.2, 0.25) is 0 Å². The van der Waals surface area contributed by atoms with Crippen LogP contribution >= 0.6 is 0 Å². The molecule has 0 unspecified atom stereocenters. The van der Waals surface area contributed by atoms with Gasteiger partial charge in [0.15, 0.2) is 0 Å². The van der Waals surface area contributed by atoms with E-state index in [0.29, 0.717) is 0 Å². The summed E-state index contributed by atoms with van der Waals surface area (Å²) in [5.41, 5.74) is 0. The van der Waals surface area contributed by atoms with E-state index < -0.39 is 7.32 Å². The van der Waals surface area contributed by atoms with Gasteiger partial charge in [-0.1, -0.05) is 0 Å². The second-order valence-electron chi connectivity index (χ2n) is 0.307. The molecule has 0 saturated carbocycles. The molecule has 0 aliphatic carbocycles. The van der Waals surface area contributed by atoms with Crippen molar-refractivity contribution in [2.75, 3.05) is 0 Å². The molecule has 6 heteroatoms. The van der Waals surface area contributed by atoms with Gasteiger partial charge < -0.3 is 19.8 Å². The maximum atomic E-state index is 8.53. The molecule has 0 aliphatic heterocycles. The topological polar surface area (TPSA) is 66.3 Å². The Morgan fingerprint density at radius 2 is 1.33 bits per heavy atom. The Labute approximate surface area is 59.8 Å². The third kappa shape index (κ3) is 82.3. The molecule has 1 N–H and O–H groups in total. The van der Waals surface area contributed by atoms with Crippen molar-refractivity contribution in [3.8, 4) is 0 Å². The van der Waals surface area contributed by atoms with Crippen LogP contribution in [0.3, 0.4) is 0 Å². The van der Waals surface area contributed by atoms with Crippen molar-refractivity contribution in [3.63, 3.8) is 0 Å². The minimum atomic E-state index is -2.67. The molecule has 0 aliphatic rings. The fourth-order valence-corrected chi connectivity index (χ4v) is 0. The van der Waals surface area contributed by atoms with Gasteiger partial charge in [0.1, 0.15) is 0 Å². The molecule has 0 atom stereocenters. The predicted octanol–water partition coefficient (Wildman–Crippen LogP) is -6.31. The van der Waals surface area contributed by atoms with E-state index in [1.165, 1.54) is 0 Å². The van der Waals surface area contributed by atoms with Gasteiger partial charge in [-0.2, -0.15) is 0 Å². The molecule has 0 amide bonds. The van der Waals surface area contributed by atoms with Gasteiger partial charge in [0.05, 0.1) is 7.32 Å². The van der Waals surface area contributed by atoms with Crippen LogP contribution in [0.15, 0.2) is 0 Å². The first-order valence-corrected chi connectivity index (χ1v) is 0.730. The summed E-state index contributed by atoms with van der Waals surface area (Å²) in [6.07, 6.45) is 0. The van der Waals surface area contributed by atoms with Gasteiger partial charge in [0.25, 0.3) is 0 Å². The monoisotopic (exact) mass is 168 g/mol. The van der Waals surface area contributed by atoms with Crippen LogP contribution < -0.4 is 14.8 Å². The average molecular weight is 168 g/mol. The summed E-state index contributed by atoms with van der Waals surface area (Å²) in [7, 11) is -2.67. The van der Waals surface area contributed by atoms with Crippen LogP contribution in [0, 0.1) is 0 Å². The van der Waals surface area contributed by atoms with Gasteiger partial charge in [-0.3, -0.25) is 0 Å². The smallest absolute Gasteiger partial charge is 1.00 e. The van der Waals surface area contributed by atoms with E-state index in [2.05, 4.69) is 0 Å². The molecular formula is HBFO3Y. The number of halogens is 1. The fraction of sp³-hybridized carbons (Fsp3) is 0. The summed E-state index contributed by atoms with van der Waals surface area (Å²) >= 11 is 0. The van der Waals surface area contributed by atoms with Crippen molar-refractivity contribution in [3.05, 3.63) is 0 Å². The predicted molar refractivity (Wildman–Crippen MR) is 7.97 cm³/mol. The summed E-state index contributed by atoms with van der Waals surface area (Å²) in [5, 5.41) is 24.0. The largest absolute Gasteiger partial charge is 3.00 e. The molecular weight excluding hydrogens is 167 g/mol. The molecule has 0 aromatic rings. The Morgan fingerprint density at radius 1 is 1.33 bits per heavy atom. The van der Waals surface area contributed by atoms with E-state index in [1.54, 1.807) is 0 Å². The molecule has 0 radical (unpaired) electrons. The maximum absolute atomic E-state index is 8.53. The first kappa shape index (κ1) is 15.8. The molecule has 0 aromatic carbocycles. The third-order valence-corrected chi connectivity index (χ3v) is 0. The number of hydrogen-bond acceptors (Lipinski definition) is 3. The number of hydrogen-bond donors (Lipinski definition) is 1. The molecule has 0 spiro atoms. The zero-order chi connectivity index (χ0) is 3.58. The van der Waals surface area contributed by atoms with E-state index in [1.807, 2.05) is 0 Å². The van der Waals surface area contributed by atoms with Crippen molar-refractivity contribution >= 4 is 7.32 Å². The van der Waals surface area contributed by atoms with Crippen LogP contribution in [0.2, 0.25) is 0 Å². The standard InChI is InChI=1S/BHO3.FH.Y/c2-1(3)4;;/h2H;1H;/q-2;;+3/p-1. The van der Waals surface area contributed by atoms with Crippen molar-refractivity contribution < 1.29 is 52.5 Å². The van der Waals surface area contributed by atoms with E-state index in [-0.39, 0.29) is 37.4 Å². The van der Waals surface area contributed by atoms with Crippen molar-refractivity contribution in [2.24, 2.45) is 0 Å². The quantitative estimate of drug-likeness (QED) is 0.365. The molecule has 0 saturated heterocycles. The van der Waals surface area contributed by atoms with Crippen LogP contribution in [-0.2, 0) is 32.7 Å². The zero-order valence-corrected chi connectivity index (χ0v) is 5.63. The molecule has 0 bridgehead atoms. The summed E-state index contributed by atoms with van der Waals surface area (Å²) in [5.74, 6) is 0. The summed E-state index contributed by atoms with van der Waals surface area (Å²) in [6.45, 7) is 0. The molecule has 32 valence electrons. The summed E-state index contributed by atoms with van der Waals surface area (Å²) in [4.78, 5) is 0. The van der Waals surface area contributed by atoms with Crippen molar-refractivity contribution in [1.29, 1.82) is 0 Å². The Morgan fingerprint density at radius 3 is 1.33 bits per heavy atom. The van der Waals surface area contributed by atoms with Crippen LogP contribution in [-0.4, -0.2) is 12.3 Å². The Kier molecular flexibility index (Phi) is 24.6. The van der Waals surface area contributed by atoms with Crippen LogP contribution in [0.4, 0.5) is 0 Å². The summed E-state index contributed by atoms with van der Waals surface area (Å²) < 4.78 is 0. The van der Waals surface area contributed by atoms with Gasteiger partial charge >= 0.3 is 32.7 Å². The molecule has 0 heterocycles. The molecule has 3 nitrogen and oxygen atoms in total. The fourth-order valence-electron chi connectivity index (χ4n) is 0. The van der Waals surface area contributed by atoms with Gasteiger partial charge in [-0.25, -0.2) is 0 Å². The number of rotatable bonds is 0. The normalized spacial score (nSPS) is 4.50. The molecule has 0 fully saturated rings. The van der Waals surface area contributed by atoms with Crippen LogP contribution in [0.25, 0.3) is 0 Å². The third-order valence-electron chi connectivity index (χ3n) is 0. The van der Waals surface area contributed by atoms with E-state index in [9.17, 15) is 0 Å². The summed E-state index contributed by atoms with van der Waals surface area (Å²) in [6, 6.07) is 0. The minimum Gasteiger partial charge on any atom is -1.00 e. The Hall–Kier alpha value is 0.979. The first-order chi connectivity index (χ1) is 1.73. The first-order valence-electron chi connectivity index (χ1n) is 0.730. The minimum absolute atomic E-state index is 0. The Balaban J connectivity index is -0.0000000450. The molecule has 0 rings (SSSR count). The van der Waals surface area contributed by atoms with Crippen LogP contribution in [0.5, 0.6) is 0 Å². The van der Waals surface area contributed by atoms with E-state index in [0.717, 1.165) is 0 Å². The van der Waals surface area contributed by atoms with Crippen molar-refractivity contribution in [1.82, 2.24) is 0 Å². The van der Waals surface area contributed by atoms with Crippen molar-refractivity contribution in [2.45, 2.75) is 0 Å². The zero-order valence-electron chi connectivity index (χ0n) is 2.80. The van der Waals surface area contributed by atoms with Crippen LogP contribution in [0.1, 0.15) is 0 Å². The van der Waals surface area contributed by atoms with E-state index >= 15 is 0 Å².